The van der Waals surface area contributed by atoms with E-state index in [1.807, 2.05) is 0 Å². The zero-order valence-electron chi connectivity index (χ0n) is 12.2. The van der Waals surface area contributed by atoms with E-state index in [1.165, 1.54) is 70.6 Å². The maximum Gasteiger partial charge on any atom is 0.00313 e. The molecule has 0 aromatic carbocycles. The highest BCUT2D eigenvalue weighted by Gasteiger charge is 1.88. The van der Waals surface area contributed by atoms with Crippen LogP contribution in [0.25, 0.3) is 0 Å². The van der Waals surface area contributed by atoms with Crippen molar-refractivity contribution in [2.45, 2.75) is 77.6 Å². The van der Waals surface area contributed by atoms with E-state index in [0.29, 0.717) is 0 Å². The Balaban J connectivity index is 3.14. The fourth-order valence-electron chi connectivity index (χ4n) is 1.93. The minimum atomic E-state index is 1.16. The largest absolute Gasteiger partial charge is 0.0928 e. The maximum absolute atomic E-state index is 3.47. The van der Waals surface area contributed by atoms with Gasteiger partial charge in [0.15, 0.2) is 0 Å². The lowest BCUT2D eigenvalue weighted by Gasteiger charge is -1.96. The standard InChI is InChI=1S/C17H31Br/c1-2-3-4-5-6-7-8-9-10-11-12-13-14-15-16-17-18/h7-10H,2-6,11-17H2,1H3. The Morgan fingerprint density at radius 3 is 1.72 bits per heavy atom. The molecule has 1 heteroatoms. The molecule has 0 aromatic rings. The molecular weight excluding hydrogens is 284 g/mol. The van der Waals surface area contributed by atoms with Gasteiger partial charge in [0.25, 0.3) is 0 Å². The van der Waals surface area contributed by atoms with Gasteiger partial charge in [0.2, 0.25) is 0 Å². The summed E-state index contributed by atoms with van der Waals surface area (Å²) in [5, 5.41) is 1.16. The molecule has 0 aliphatic carbocycles. The number of halogens is 1. The van der Waals surface area contributed by atoms with Crippen LogP contribution < -0.4 is 0 Å². The topological polar surface area (TPSA) is 0 Å². The number of unbranched alkanes of at least 4 members (excludes halogenated alkanes) is 9. The molecule has 0 N–H and O–H groups in total. The summed E-state index contributed by atoms with van der Waals surface area (Å²) >= 11 is 3.47. The van der Waals surface area contributed by atoms with E-state index < -0.39 is 0 Å². The van der Waals surface area contributed by atoms with Gasteiger partial charge in [-0.05, 0) is 32.1 Å². The van der Waals surface area contributed by atoms with Crippen LogP contribution in [0.2, 0.25) is 0 Å². The quantitative estimate of drug-likeness (QED) is 0.199. The molecule has 0 amide bonds. The van der Waals surface area contributed by atoms with E-state index in [0.717, 1.165) is 5.33 Å². The van der Waals surface area contributed by atoms with Crippen molar-refractivity contribution in [2.24, 2.45) is 0 Å². The van der Waals surface area contributed by atoms with E-state index in [2.05, 4.69) is 47.2 Å². The van der Waals surface area contributed by atoms with Crippen molar-refractivity contribution < 1.29 is 0 Å². The van der Waals surface area contributed by atoms with Crippen molar-refractivity contribution >= 4 is 15.9 Å². The first-order valence-electron chi connectivity index (χ1n) is 7.79. The molecule has 0 heterocycles. The molecule has 18 heavy (non-hydrogen) atoms. The third kappa shape index (κ3) is 16.0. The lowest BCUT2D eigenvalue weighted by Crippen LogP contribution is -1.78. The normalized spacial score (nSPS) is 11.9. The molecule has 0 fully saturated rings. The molecular formula is C17H31Br. The summed E-state index contributed by atoms with van der Waals surface area (Å²) in [4.78, 5) is 0. The second-order valence-electron chi connectivity index (χ2n) is 4.95. The fourth-order valence-corrected chi connectivity index (χ4v) is 2.32. The molecule has 0 aromatic heterocycles. The predicted molar refractivity (Wildman–Crippen MR) is 88.5 cm³/mol. The Bertz CT molecular complexity index is 194. The summed E-state index contributed by atoms with van der Waals surface area (Å²) in [5.74, 6) is 0. The Kier molecular flexibility index (Phi) is 16.9. The zero-order chi connectivity index (χ0) is 13.3. The molecule has 0 nitrogen and oxygen atoms in total. The van der Waals surface area contributed by atoms with Gasteiger partial charge in [-0.2, -0.15) is 0 Å². The Morgan fingerprint density at radius 1 is 0.667 bits per heavy atom. The number of rotatable bonds is 13. The maximum atomic E-state index is 3.47. The third-order valence-electron chi connectivity index (χ3n) is 3.11. The van der Waals surface area contributed by atoms with Crippen molar-refractivity contribution in [3.8, 4) is 0 Å². The van der Waals surface area contributed by atoms with Gasteiger partial charge in [0.05, 0.1) is 0 Å². The summed E-state index contributed by atoms with van der Waals surface area (Å²) in [6, 6.07) is 0. The minimum absolute atomic E-state index is 1.16. The van der Waals surface area contributed by atoms with Crippen LogP contribution in [0.4, 0.5) is 0 Å². The molecule has 106 valence electrons. The lowest BCUT2D eigenvalue weighted by atomic mass is 10.1. The lowest BCUT2D eigenvalue weighted by molar-refractivity contribution is 0.641. The molecule has 0 bridgehead atoms. The number of allylic oxidation sites excluding steroid dienone is 4. The summed E-state index contributed by atoms with van der Waals surface area (Å²) in [6.07, 6.45) is 23.9. The Hall–Kier alpha value is -0.0400. The number of hydrogen-bond acceptors (Lipinski definition) is 0. The zero-order valence-corrected chi connectivity index (χ0v) is 13.8. The van der Waals surface area contributed by atoms with E-state index in [9.17, 15) is 0 Å². The average Bonchev–Trinajstić information content (AvgIpc) is 2.39. The van der Waals surface area contributed by atoms with Crippen molar-refractivity contribution in [1.82, 2.24) is 0 Å². The third-order valence-corrected chi connectivity index (χ3v) is 3.67. The van der Waals surface area contributed by atoms with Gasteiger partial charge < -0.3 is 0 Å². The van der Waals surface area contributed by atoms with Crippen LogP contribution in [0.15, 0.2) is 24.3 Å². The first-order valence-corrected chi connectivity index (χ1v) is 8.91. The van der Waals surface area contributed by atoms with Gasteiger partial charge in [-0.15, -0.1) is 0 Å². The second kappa shape index (κ2) is 17.0. The van der Waals surface area contributed by atoms with Gasteiger partial charge >= 0.3 is 0 Å². The van der Waals surface area contributed by atoms with Gasteiger partial charge in [0.1, 0.15) is 0 Å². The van der Waals surface area contributed by atoms with Crippen molar-refractivity contribution in [3.63, 3.8) is 0 Å². The molecule has 0 saturated heterocycles. The number of alkyl halides is 1. The average molecular weight is 315 g/mol. The first-order chi connectivity index (χ1) is 8.91. The molecule has 0 radical (unpaired) electrons. The summed E-state index contributed by atoms with van der Waals surface area (Å²) < 4.78 is 0. The number of hydrogen-bond donors (Lipinski definition) is 0. The van der Waals surface area contributed by atoms with E-state index in [4.69, 9.17) is 0 Å². The highest BCUT2D eigenvalue weighted by atomic mass is 79.9. The van der Waals surface area contributed by atoms with Crippen LogP contribution in [0, 0.1) is 0 Å². The Morgan fingerprint density at radius 2 is 1.17 bits per heavy atom. The van der Waals surface area contributed by atoms with Gasteiger partial charge in [0, 0.05) is 5.33 Å². The van der Waals surface area contributed by atoms with Crippen LogP contribution in [-0.2, 0) is 0 Å². The SMILES string of the molecule is CCCCCCC=CC=CCCCCCCCBr. The van der Waals surface area contributed by atoms with Crippen LogP contribution in [-0.4, -0.2) is 5.33 Å². The molecule has 0 atom stereocenters. The second-order valence-corrected chi connectivity index (χ2v) is 5.74. The molecule has 0 aliphatic heterocycles. The summed E-state index contributed by atoms with van der Waals surface area (Å²) in [7, 11) is 0. The molecule has 0 saturated carbocycles. The van der Waals surface area contributed by atoms with Crippen molar-refractivity contribution in [1.29, 1.82) is 0 Å². The van der Waals surface area contributed by atoms with Gasteiger partial charge in [-0.3, -0.25) is 0 Å². The molecule has 0 unspecified atom stereocenters. The smallest absolute Gasteiger partial charge is 0.00313 e. The summed E-state index contributed by atoms with van der Waals surface area (Å²) in [6.45, 7) is 2.26. The molecule has 0 aliphatic rings. The van der Waals surface area contributed by atoms with Crippen molar-refractivity contribution in [3.05, 3.63) is 24.3 Å². The van der Waals surface area contributed by atoms with Crippen LogP contribution in [0.5, 0.6) is 0 Å². The summed E-state index contributed by atoms with van der Waals surface area (Å²) in [5.41, 5.74) is 0. The van der Waals surface area contributed by atoms with Gasteiger partial charge in [-0.25, -0.2) is 0 Å². The van der Waals surface area contributed by atoms with Gasteiger partial charge in [-0.1, -0.05) is 85.7 Å². The fraction of sp³-hybridized carbons (Fsp3) is 0.765. The predicted octanol–water partition coefficient (Wildman–Crippen LogP) is 6.80. The monoisotopic (exact) mass is 314 g/mol. The van der Waals surface area contributed by atoms with E-state index >= 15 is 0 Å². The minimum Gasteiger partial charge on any atom is -0.0928 e. The first kappa shape index (κ1) is 18.0. The highest BCUT2D eigenvalue weighted by Crippen LogP contribution is 2.07. The molecule has 0 rings (SSSR count). The van der Waals surface area contributed by atoms with E-state index in [-0.39, 0.29) is 0 Å². The van der Waals surface area contributed by atoms with Crippen LogP contribution in [0.3, 0.4) is 0 Å². The van der Waals surface area contributed by atoms with Crippen molar-refractivity contribution in [2.75, 3.05) is 5.33 Å². The van der Waals surface area contributed by atoms with E-state index in [1.54, 1.807) is 0 Å². The molecule has 0 spiro atoms. The highest BCUT2D eigenvalue weighted by molar-refractivity contribution is 9.09. The Labute approximate surface area is 123 Å². The van der Waals surface area contributed by atoms with Crippen LogP contribution in [0.1, 0.15) is 77.6 Å². The van der Waals surface area contributed by atoms with Crippen LogP contribution >= 0.6 is 15.9 Å².